The van der Waals surface area contributed by atoms with E-state index >= 15 is 0 Å². The third-order valence-corrected chi connectivity index (χ3v) is 5.63. The number of carbonyl (C=O) groups excluding carboxylic acids is 2. The van der Waals surface area contributed by atoms with Crippen LogP contribution in [0.1, 0.15) is 23.6 Å². The van der Waals surface area contributed by atoms with Gasteiger partial charge in [0, 0.05) is 7.05 Å². The molecule has 1 N–H and O–H groups in total. The molecule has 0 radical (unpaired) electrons. The Morgan fingerprint density at radius 3 is 2.21 bits per heavy atom. The molecule has 0 aliphatic carbocycles. The van der Waals surface area contributed by atoms with Crippen molar-refractivity contribution in [3.05, 3.63) is 101 Å². The van der Waals surface area contributed by atoms with Gasteiger partial charge in [-0.1, -0.05) is 43.0 Å². The molecule has 2 aromatic carbocycles. The number of carbonyl (C=O) groups is 2. The van der Waals surface area contributed by atoms with Crippen LogP contribution in [0.5, 0.6) is 5.75 Å². The van der Waals surface area contributed by atoms with Gasteiger partial charge >= 0.3 is 0 Å². The highest BCUT2D eigenvalue weighted by atomic mass is 16.5. The van der Waals surface area contributed by atoms with E-state index in [0.29, 0.717) is 47.3 Å². The van der Waals surface area contributed by atoms with Crippen LogP contribution in [0.15, 0.2) is 84.2 Å². The van der Waals surface area contributed by atoms with Crippen LogP contribution in [0.3, 0.4) is 0 Å². The number of ether oxygens (including phenoxy) is 2. The van der Waals surface area contributed by atoms with Gasteiger partial charge in [0.2, 0.25) is 0 Å². The van der Waals surface area contributed by atoms with Crippen molar-refractivity contribution in [1.82, 2.24) is 10.2 Å². The molecule has 0 bridgehead atoms. The molecule has 33 heavy (non-hydrogen) atoms. The van der Waals surface area contributed by atoms with E-state index in [1.54, 1.807) is 7.05 Å². The van der Waals surface area contributed by atoms with Crippen LogP contribution in [-0.4, -0.2) is 37.0 Å². The van der Waals surface area contributed by atoms with E-state index in [2.05, 4.69) is 18.5 Å². The van der Waals surface area contributed by atoms with Crippen molar-refractivity contribution >= 4 is 23.2 Å². The number of likely N-dealkylation sites (N-methyl/N-ethyl adjacent to an activating group) is 1. The zero-order valence-corrected chi connectivity index (χ0v) is 19.0. The molecule has 2 aromatic rings. The monoisotopic (exact) mass is 442 g/mol. The summed E-state index contributed by atoms with van der Waals surface area (Å²) in [7, 11) is 1.69. The van der Waals surface area contributed by atoms with Crippen LogP contribution < -0.4 is 10.1 Å². The fourth-order valence-electron chi connectivity index (χ4n) is 3.79. The normalized spacial score (nSPS) is 15.1. The third-order valence-electron chi connectivity index (χ3n) is 5.63. The van der Waals surface area contributed by atoms with E-state index in [1.807, 2.05) is 62.4 Å². The van der Waals surface area contributed by atoms with Crippen LogP contribution >= 0.6 is 0 Å². The quantitative estimate of drug-likeness (QED) is 0.378. The molecule has 0 aromatic heterocycles. The lowest BCUT2D eigenvalue weighted by molar-refractivity contribution is -0.122. The van der Waals surface area contributed by atoms with Crippen molar-refractivity contribution in [2.24, 2.45) is 0 Å². The van der Waals surface area contributed by atoms with Gasteiger partial charge in [0.15, 0.2) is 0 Å². The van der Waals surface area contributed by atoms with E-state index in [0.717, 1.165) is 22.3 Å². The number of hydrogen-bond donors (Lipinski definition) is 1. The summed E-state index contributed by atoms with van der Waals surface area (Å²) in [6, 6.07) is 15.0. The lowest BCUT2D eigenvalue weighted by Gasteiger charge is -2.17. The summed E-state index contributed by atoms with van der Waals surface area (Å²) in [6.45, 7) is 12.1. The molecule has 2 heterocycles. The summed E-state index contributed by atoms with van der Waals surface area (Å²) in [5.74, 6) is 0.723. The van der Waals surface area contributed by atoms with Gasteiger partial charge < -0.3 is 19.7 Å². The number of aryl methyl sites for hydroxylation is 1. The summed E-state index contributed by atoms with van der Waals surface area (Å²) in [5, 5.41) is 2.89. The van der Waals surface area contributed by atoms with E-state index in [9.17, 15) is 9.59 Å². The van der Waals surface area contributed by atoms with Crippen molar-refractivity contribution in [3.63, 3.8) is 0 Å². The number of nitrogens with zero attached hydrogens (tertiary/aromatic N) is 1. The highest BCUT2D eigenvalue weighted by molar-refractivity contribution is 6.30. The van der Waals surface area contributed by atoms with Crippen molar-refractivity contribution in [3.8, 4) is 5.75 Å². The molecule has 2 amide bonds. The number of nitrogens with one attached hydrogen (secondary N) is 1. The zero-order valence-electron chi connectivity index (χ0n) is 19.0. The van der Waals surface area contributed by atoms with Crippen molar-refractivity contribution in [2.75, 3.05) is 20.3 Å². The van der Waals surface area contributed by atoms with Gasteiger partial charge in [-0.2, -0.15) is 0 Å². The van der Waals surface area contributed by atoms with Crippen LogP contribution in [0.4, 0.5) is 0 Å². The number of benzene rings is 2. The SMILES string of the molecule is C=C(C)C(=C)OCCOc1ccc(C2=C3C(=O)NC(c4ccc(C)cc4)=C3C(=O)N2C)cc1. The first-order valence-electron chi connectivity index (χ1n) is 10.6. The summed E-state index contributed by atoms with van der Waals surface area (Å²) in [5.41, 5.74) is 5.40. The summed E-state index contributed by atoms with van der Waals surface area (Å²) >= 11 is 0. The molecule has 0 atom stereocenters. The van der Waals surface area contributed by atoms with Crippen LogP contribution in [0.2, 0.25) is 0 Å². The minimum Gasteiger partial charge on any atom is -0.490 e. The lowest BCUT2D eigenvalue weighted by atomic mass is 10.0. The Morgan fingerprint density at radius 1 is 0.939 bits per heavy atom. The number of rotatable bonds is 8. The predicted octanol–water partition coefficient (Wildman–Crippen LogP) is 4.20. The van der Waals surface area contributed by atoms with Gasteiger partial charge in [0.25, 0.3) is 11.8 Å². The average molecular weight is 443 g/mol. The molecule has 0 unspecified atom stereocenters. The maximum absolute atomic E-state index is 13.1. The van der Waals surface area contributed by atoms with E-state index < -0.39 is 0 Å². The van der Waals surface area contributed by atoms with Gasteiger partial charge in [-0.25, -0.2) is 0 Å². The second kappa shape index (κ2) is 8.82. The minimum atomic E-state index is -0.275. The van der Waals surface area contributed by atoms with Gasteiger partial charge in [0.05, 0.1) is 22.5 Å². The second-order valence-electron chi connectivity index (χ2n) is 8.08. The first-order valence-corrected chi connectivity index (χ1v) is 10.6. The average Bonchev–Trinajstić information content (AvgIpc) is 3.27. The minimum absolute atomic E-state index is 0.204. The molecule has 0 spiro atoms. The molecule has 4 rings (SSSR count). The third kappa shape index (κ3) is 4.20. The zero-order chi connectivity index (χ0) is 23.7. The van der Waals surface area contributed by atoms with Gasteiger partial charge in [-0.3, -0.25) is 9.59 Å². The van der Waals surface area contributed by atoms with E-state index in [-0.39, 0.29) is 11.8 Å². The van der Waals surface area contributed by atoms with Crippen molar-refractivity contribution < 1.29 is 19.1 Å². The number of hydrogen-bond acceptors (Lipinski definition) is 4. The van der Waals surface area contributed by atoms with Crippen molar-refractivity contribution in [1.29, 1.82) is 0 Å². The topological polar surface area (TPSA) is 67.9 Å². The van der Waals surface area contributed by atoms with Crippen LogP contribution in [-0.2, 0) is 14.3 Å². The molecular formula is C27H26N2O4. The molecule has 0 saturated heterocycles. The molecule has 6 heteroatoms. The molecule has 0 saturated carbocycles. The standard InChI is InChI=1S/C27H26N2O4/c1-16(2)18(4)32-14-15-33-21-12-10-20(11-13-21)25-23-22(27(31)29(25)5)24(28-26(23)30)19-8-6-17(3)7-9-19/h6-13H,1,4,14-15H2,2-3,5H3,(H,28,30). The Bertz CT molecular complexity index is 1220. The van der Waals surface area contributed by atoms with Gasteiger partial charge in [-0.15, -0.1) is 0 Å². The summed E-state index contributed by atoms with van der Waals surface area (Å²) in [6.07, 6.45) is 0. The smallest absolute Gasteiger partial charge is 0.261 e. The fourth-order valence-corrected chi connectivity index (χ4v) is 3.79. The second-order valence-corrected chi connectivity index (χ2v) is 8.08. The lowest BCUT2D eigenvalue weighted by Crippen LogP contribution is -2.23. The Balaban J connectivity index is 1.57. The molecule has 0 fully saturated rings. The highest BCUT2D eigenvalue weighted by Gasteiger charge is 2.43. The van der Waals surface area contributed by atoms with Gasteiger partial charge in [-0.05, 0) is 54.8 Å². The molecule has 6 nitrogen and oxygen atoms in total. The highest BCUT2D eigenvalue weighted by Crippen LogP contribution is 2.41. The Hall–Kier alpha value is -4.06. The van der Waals surface area contributed by atoms with E-state index in [4.69, 9.17) is 9.47 Å². The molecular weight excluding hydrogens is 416 g/mol. The first-order chi connectivity index (χ1) is 15.8. The Kier molecular flexibility index (Phi) is 5.92. The Labute approximate surface area is 193 Å². The number of amides is 2. The number of fused-ring (bicyclic) bond motifs is 1. The summed E-state index contributed by atoms with van der Waals surface area (Å²) < 4.78 is 11.2. The van der Waals surface area contributed by atoms with E-state index in [1.165, 1.54) is 4.90 Å². The molecule has 2 aliphatic heterocycles. The predicted molar refractivity (Wildman–Crippen MR) is 128 cm³/mol. The fraction of sp³-hybridized carbons (Fsp3) is 0.185. The molecule has 2 aliphatic rings. The summed E-state index contributed by atoms with van der Waals surface area (Å²) in [4.78, 5) is 27.5. The van der Waals surface area contributed by atoms with Crippen LogP contribution in [0.25, 0.3) is 11.4 Å². The largest absolute Gasteiger partial charge is 0.490 e. The maximum Gasteiger partial charge on any atom is 0.261 e. The first kappa shape index (κ1) is 22.1. The van der Waals surface area contributed by atoms with Gasteiger partial charge in [0.1, 0.15) is 24.7 Å². The Morgan fingerprint density at radius 2 is 1.58 bits per heavy atom. The van der Waals surface area contributed by atoms with Crippen LogP contribution in [0, 0.1) is 6.92 Å². The molecule has 168 valence electrons. The maximum atomic E-state index is 13.1. The van der Waals surface area contributed by atoms with Crippen molar-refractivity contribution in [2.45, 2.75) is 13.8 Å². The number of allylic oxidation sites excluding steroid dienone is 1.